The van der Waals surface area contributed by atoms with Crippen molar-refractivity contribution < 1.29 is 14.3 Å². The number of rotatable bonds is 11. The zero-order valence-electron chi connectivity index (χ0n) is 13.3. The van der Waals surface area contributed by atoms with Gasteiger partial charge < -0.3 is 9.47 Å². The summed E-state index contributed by atoms with van der Waals surface area (Å²) in [7, 11) is 0. The van der Waals surface area contributed by atoms with Crippen molar-refractivity contribution in [1.82, 2.24) is 0 Å². The van der Waals surface area contributed by atoms with Crippen LogP contribution in [-0.2, 0) is 9.47 Å². The molecule has 3 heteroatoms. The van der Waals surface area contributed by atoms with Gasteiger partial charge in [-0.3, -0.25) is 0 Å². The van der Waals surface area contributed by atoms with Gasteiger partial charge in [0.05, 0.1) is 6.61 Å². The number of hydrogen-bond acceptors (Lipinski definition) is 3. The Labute approximate surface area is 119 Å². The molecule has 3 nitrogen and oxygen atoms in total. The maximum Gasteiger partial charge on any atom is 0.508 e. The number of hydrogen-bond donors (Lipinski definition) is 0. The van der Waals surface area contributed by atoms with Gasteiger partial charge in [0, 0.05) is 0 Å². The molecule has 19 heavy (non-hydrogen) atoms. The molecule has 1 atom stereocenters. The summed E-state index contributed by atoms with van der Waals surface area (Å²) >= 11 is 0. The summed E-state index contributed by atoms with van der Waals surface area (Å²) < 4.78 is 10.6. The molecule has 0 saturated heterocycles. The molecule has 0 bridgehead atoms. The van der Waals surface area contributed by atoms with Gasteiger partial charge in [0.15, 0.2) is 0 Å². The molecule has 1 unspecified atom stereocenters. The average molecular weight is 272 g/mol. The minimum atomic E-state index is -0.502. The van der Waals surface area contributed by atoms with Gasteiger partial charge in [0.25, 0.3) is 0 Å². The largest absolute Gasteiger partial charge is 0.508 e. The van der Waals surface area contributed by atoms with Gasteiger partial charge in [-0.25, -0.2) is 4.79 Å². The Hall–Kier alpha value is -0.730. The summed E-state index contributed by atoms with van der Waals surface area (Å²) in [6, 6.07) is 0. The molecule has 0 aromatic carbocycles. The Balaban J connectivity index is 3.84. The van der Waals surface area contributed by atoms with Crippen LogP contribution in [0.2, 0.25) is 0 Å². The average Bonchev–Trinajstić information content (AvgIpc) is 2.39. The SMILES string of the molecule is CCCCCCOC(=O)OC(C)(CC)CCCCC. The predicted molar refractivity (Wildman–Crippen MR) is 79.4 cm³/mol. The molecule has 0 aliphatic rings. The van der Waals surface area contributed by atoms with Crippen LogP contribution in [0, 0.1) is 0 Å². The third-order valence-electron chi connectivity index (χ3n) is 3.60. The third-order valence-corrected chi connectivity index (χ3v) is 3.60. The van der Waals surface area contributed by atoms with Gasteiger partial charge in [-0.05, 0) is 32.6 Å². The predicted octanol–water partition coefficient (Wildman–Crippen LogP) is 5.47. The normalized spacial score (nSPS) is 13.9. The van der Waals surface area contributed by atoms with E-state index < -0.39 is 6.16 Å². The van der Waals surface area contributed by atoms with Crippen LogP contribution in [0.5, 0.6) is 0 Å². The molecule has 0 amide bonds. The molecule has 0 spiro atoms. The zero-order valence-corrected chi connectivity index (χ0v) is 13.3. The molecule has 0 radical (unpaired) electrons. The van der Waals surface area contributed by atoms with Gasteiger partial charge in [-0.15, -0.1) is 0 Å². The van der Waals surface area contributed by atoms with E-state index in [0.29, 0.717) is 6.61 Å². The van der Waals surface area contributed by atoms with E-state index in [-0.39, 0.29) is 5.60 Å². The zero-order chi connectivity index (χ0) is 14.6. The fourth-order valence-corrected chi connectivity index (χ4v) is 1.96. The third kappa shape index (κ3) is 9.80. The lowest BCUT2D eigenvalue weighted by Gasteiger charge is -2.27. The van der Waals surface area contributed by atoms with Gasteiger partial charge >= 0.3 is 6.16 Å². The summed E-state index contributed by atoms with van der Waals surface area (Å²) in [6.07, 6.45) is 9.16. The van der Waals surface area contributed by atoms with Gasteiger partial charge in [0.1, 0.15) is 5.60 Å². The highest BCUT2D eigenvalue weighted by molar-refractivity contribution is 5.60. The van der Waals surface area contributed by atoms with Crippen LogP contribution in [0.15, 0.2) is 0 Å². The second-order valence-corrected chi connectivity index (χ2v) is 5.52. The van der Waals surface area contributed by atoms with E-state index in [0.717, 1.165) is 32.1 Å². The van der Waals surface area contributed by atoms with E-state index in [1.54, 1.807) is 0 Å². The minimum absolute atomic E-state index is 0.365. The molecule has 0 aliphatic heterocycles. The van der Waals surface area contributed by atoms with Crippen LogP contribution in [0.1, 0.15) is 85.5 Å². The second kappa shape index (κ2) is 11.1. The van der Waals surface area contributed by atoms with Crippen molar-refractivity contribution >= 4 is 6.16 Å². The molecule has 0 saturated carbocycles. The molecule has 114 valence electrons. The highest BCUT2D eigenvalue weighted by Gasteiger charge is 2.26. The molecular weight excluding hydrogens is 240 g/mol. The first kappa shape index (κ1) is 18.3. The first-order chi connectivity index (χ1) is 9.08. The summed E-state index contributed by atoms with van der Waals surface area (Å²) in [5.74, 6) is 0. The van der Waals surface area contributed by atoms with Crippen LogP contribution in [-0.4, -0.2) is 18.4 Å². The summed E-state index contributed by atoms with van der Waals surface area (Å²) in [4.78, 5) is 11.6. The quantitative estimate of drug-likeness (QED) is 0.369. The fourth-order valence-electron chi connectivity index (χ4n) is 1.96. The van der Waals surface area contributed by atoms with Crippen molar-refractivity contribution in [2.45, 2.75) is 91.1 Å². The second-order valence-electron chi connectivity index (χ2n) is 5.52. The van der Waals surface area contributed by atoms with Crippen LogP contribution < -0.4 is 0 Å². The molecule has 0 rings (SSSR count). The van der Waals surface area contributed by atoms with Crippen LogP contribution in [0.3, 0.4) is 0 Å². The summed E-state index contributed by atoms with van der Waals surface area (Å²) in [5, 5.41) is 0. The first-order valence-corrected chi connectivity index (χ1v) is 7.93. The topological polar surface area (TPSA) is 35.5 Å². The maximum absolute atomic E-state index is 11.6. The van der Waals surface area contributed by atoms with Crippen molar-refractivity contribution in [1.29, 1.82) is 0 Å². The standard InChI is InChI=1S/C16H32O3/c1-5-8-10-12-14-18-15(17)19-16(4,7-3)13-11-9-6-2/h5-14H2,1-4H3. The molecule has 0 aromatic heterocycles. The van der Waals surface area contributed by atoms with E-state index in [1.165, 1.54) is 25.7 Å². The number of carbonyl (C=O) groups is 1. The highest BCUT2D eigenvalue weighted by Crippen LogP contribution is 2.23. The van der Waals surface area contributed by atoms with Crippen molar-refractivity contribution in [3.8, 4) is 0 Å². The van der Waals surface area contributed by atoms with Crippen LogP contribution in [0.25, 0.3) is 0 Å². The summed E-state index contributed by atoms with van der Waals surface area (Å²) in [6.45, 7) is 8.88. The number of carbonyl (C=O) groups excluding carboxylic acids is 1. The smallest absolute Gasteiger partial charge is 0.434 e. The monoisotopic (exact) mass is 272 g/mol. The van der Waals surface area contributed by atoms with E-state index >= 15 is 0 Å². The molecule has 0 N–H and O–H groups in total. The van der Waals surface area contributed by atoms with Crippen LogP contribution >= 0.6 is 0 Å². The van der Waals surface area contributed by atoms with Crippen molar-refractivity contribution in [2.24, 2.45) is 0 Å². The summed E-state index contributed by atoms with van der Waals surface area (Å²) in [5.41, 5.74) is -0.365. The molecular formula is C16H32O3. The fraction of sp³-hybridized carbons (Fsp3) is 0.938. The van der Waals surface area contributed by atoms with E-state index in [4.69, 9.17) is 9.47 Å². The lowest BCUT2D eigenvalue weighted by atomic mass is 9.95. The van der Waals surface area contributed by atoms with E-state index in [1.807, 2.05) is 6.92 Å². The highest BCUT2D eigenvalue weighted by atomic mass is 16.7. The van der Waals surface area contributed by atoms with Crippen molar-refractivity contribution in [3.63, 3.8) is 0 Å². The molecule has 0 aromatic rings. The van der Waals surface area contributed by atoms with Crippen molar-refractivity contribution in [3.05, 3.63) is 0 Å². The Bertz CT molecular complexity index is 228. The van der Waals surface area contributed by atoms with Gasteiger partial charge in [-0.2, -0.15) is 0 Å². The Morgan fingerprint density at radius 2 is 1.58 bits per heavy atom. The Morgan fingerprint density at radius 1 is 0.947 bits per heavy atom. The van der Waals surface area contributed by atoms with E-state index in [9.17, 15) is 4.79 Å². The Morgan fingerprint density at radius 3 is 2.16 bits per heavy atom. The maximum atomic E-state index is 11.6. The molecule has 0 aliphatic carbocycles. The number of ether oxygens (including phenoxy) is 2. The molecule has 0 heterocycles. The first-order valence-electron chi connectivity index (χ1n) is 7.93. The molecule has 0 fully saturated rings. The Kier molecular flexibility index (Phi) is 10.7. The van der Waals surface area contributed by atoms with Gasteiger partial charge in [-0.1, -0.05) is 52.9 Å². The van der Waals surface area contributed by atoms with Crippen LogP contribution in [0.4, 0.5) is 4.79 Å². The van der Waals surface area contributed by atoms with Crippen molar-refractivity contribution in [2.75, 3.05) is 6.61 Å². The van der Waals surface area contributed by atoms with E-state index in [2.05, 4.69) is 20.8 Å². The number of unbranched alkanes of at least 4 members (excludes halogenated alkanes) is 5. The lowest BCUT2D eigenvalue weighted by molar-refractivity contribution is -0.0336. The lowest BCUT2D eigenvalue weighted by Crippen LogP contribution is -2.31. The minimum Gasteiger partial charge on any atom is -0.434 e. The van der Waals surface area contributed by atoms with Gasteiger partial charge in [0.2, 0.25) is 0 Å².